The molecule has 1 aliphatic heterocycles. The van der Waals surface area contributed by atoms with Gasteiger partial charge in [0.1, 0.15) is 5.60 Å². The monoisotopic (exact) mass is 265 g/mol. The molecule has 1 heterocycles. The standard InChI is InChI=1S/C10H19NO5S/c1-10(2,3)16-9(13)11-6-8(7-11)17(14,15)5-4-12/h8,12H,4-7H2,1-3H3. The molecule has 1 aliphatic rings. The highest BCUT2D eigenvalue weighted by Crippen LogP contribution is 2.20. The second-order valence-corrected chi connectivity index (χ2v) is 7.50. The summed E-state index contributed by atoms with van der Waals surface area (Å²) < 4.78 is 28.2. The lowest BCUT2D eigenvalue weighted by molar-refractivity contribution is 0.0139. The zero-order valence-corrected chi connectivity index (χ0v) is 11.2. The minimum absolute atomic E-state index is 0.150. The number of aliphatic hydroxyl groups is 1. The van der Waals surface area contributed by atoms with E-state index < -0.39 is 26.8 Å². The number of nitrogens with zero attached hydrogens (tertiary/aromatic N) is 1. The Balaban J connectivity index is 2.45. The average molecular weight is 265 g/mol. The van der Waals surface area contributed by atoms with Gasteiger partial charge in [0.05, 0.1) is 17.6 Å². The lowest BCUT2D eigenvalue weighted by atomic mass is 10.2. The minimum atomic E-state index is -3.28. The number of hydrogen-bond acceptors (Lipinski definition) is 5. The van der Waals surface area contributed by atoms with E-state index in [1.807, 2.05) is 0 Å². The van der Waals surface area contributed by atoms with Crippen molar-refractivity contribution in [3.8, 4) is 0 Å². The highest BCUT2D eigenvalue weighted by molar-refractivity contribution is 7.92. The molecule has 1 rings (SSSR count). The van der Waals surface area contributed by atoms with E-state index in [9.17, 15) is 13.2 Å². The van der Waals surface area contributed by atoms with Gasteiger partial charge in [-0.25, -0.2) is 13.2 Å². The van der Waals surface area contributed by atoms with Crippen LogP contribution in [0.1, 0.15) is 20.8 Å². The molecule has 0 spiro atoms. The molecule has 0 atom stereocenters. The molecule has 0 aliphatic carbocycles. The number of ether oxygens (including phenoxy) is 1. The summed E-state index contributed by atoms with van der Waals surface area (Å²) in [5, 5.41) is 8.05. The zero-order valence-electron chi connectivity index (χ0n) is 10.3. The highest BCUT2D eigenvalue weighted by atomic mass is 32.2. The molecule has 6 nitrogen and oxygen atoms in total. The quantitative estimate of drug-likeness (QED) is 0.777. The predicted molar refractivity (Wildman–Crippen MR) is 62.5 cm³/mol. The molecule has 1 N–H and O–H groups in total. The Bertz CT molecular complexity index is 378. The molecule has 100 valence electrons. The van der Waals surface area contributed by atoms with E-state index in [0.717, 1.165) is 0 Å². The third-order valence-corrected chi connectivity index (χ3v) is 4.45. The van der Waals surface area contributed by atoms with E-state index in [1.54, 1.807) is 20.8 Å². The van der Waals surface area contributed by atoms with Crippen LogP contribution >= 0.6 is 0 Å². The third-order valence-electron chi connectivity index (χ3n) is 2.38. The van der Waals surface area contributed by atoms with Gasteiger partial charge in [-0.15, -0.1) is 0 Å². The zero-order chi connectivity index (χ0) is 13.3. The first kappa shape index (κ1) is 14.2. The molecular formula is C10H19NO5S. The lowest BCUT2D eigenvalue weighted by Gasteiger charge is -2.39. The average Bonchev–Trinajstić information content (AvgIpc) is 1.94. The molecule has 0 aromatic carbocycles. The first-order valence-electron chi connectivity index (χ1n) is 5.46. The molecule has 0 unspecified atom stereocenters. The summed E-state index contributed by atoms with van der Waals surface area (Å²) in [4.78, 5) is 12.9. The predicted octanol–water partition coefficient (Wildman–Crippen LogP) is 0.0128. The maximum Gasteiger partial charge on any atom is 0.410 e. The summed E-state index contributed by atoms with van der Waals surface area (Å²) in [6.07, 6.45) is -0.493. The summed E-state index contributed by atoms with van der Waals surface area (Å²) in [5.41, 5.74) is -0.577. The Kier molecular flexibility index (Phi) is 4.03. The SMILES string of the molecule is CC(C)(C)OC(=O)N1CC(S(=O)(=O)CCO)C1. The van der Waals surface area contributed by atoms with Gasteiger partial charge in [-0.3, -0.25) is 0 Å². The van der Waals surface area contributed by atoms with E-state index in [1.165, 1.54) is 4.90 Å². The van der Waals surface area contributed by atoms with Gasteiger partial charge < -0.3 is 14.7 Å². The first-order chi connectivity index (χ1) is 7.65. The minimum Gasteiger partial charge on any atom is -0.444 e. The normalized spacial score (nSPS) is 17.8. The number of rotatable bonds is 3. The molecule has 0 radical (unpaired) electrons. The maximum atomic E-state index is 11.5. The van der Waals surface area contributed by atoms with E-state index in [0.29, 0.717) is 0 Å². The van der Waals surface area contributed by atoms with Crippen LogP contribution in [0.4, 0.5) is 4.79 Å². The molecule has 1 fully saturated rings. The molecule has 0 saturated carbocycles. The van der Waals surface area contributed by atoms with Gasteiger partial charge in [0.25, 0.3) is 0 Å². The Hall–Kier alpha value is -0.820. The van der Waals surface area contributed by atoms with E-state index >= 15 is 0 Å². The number of sulfone groups is 1. The Morgan fingerprint density at radius 1 is 1.41 bits per heavy atom. The summed E-state index contributed by atoms with van der Waals surface area (Å²) in [6, 6.07) is 0. The fraction of sp³-hybridized carbons (Fsp3) is 0.900. The molecule has 17 heavy (non-hydrogen) atoms. The summed E-state index contributed by atoms with van der Waals surface area (Å²) in [6.45, 7) is 5.18. The van der Waals surface area contributed by atoms with Crippen molar-refractivity contribution in [3.05, 3.63) is 0 Å². The van der Waals surface area contributed by atoms with Crippen molar-refractivity contribution >= 4 is 15.9 Å². The van der Waals surface area contributed by atoms with Crippen LogP contribution in [0.25, 0.3) is 0 Å². The lowest BCUT2D eigenvalue weighted by Crippen LogP contribution is -2.58. The van der Waals surface area contributed by atoms with Crippen molar-refractivity contribution in [3.63, 3.8) is 0 Å². The molecule has 0 aromatic rings. The van der Waals surface area contributed by atoms with Crippen molar-refractivity contribution in [2.45, 2.75) is 31.6 Å². The van der Waals surface area contributed by atoms with Gasteiger partial charge in [0, 0.05) is 13.1 Å². The van der Waals surface area contributed by atoms with Crippen LogP contribution in [0.2, 0.25) is 0 Å². The van der Waals surface area contributed by atoms with Crippen molar-refractivity contribution in [1.29, 1.82) is 0 Å². The fourth-order valence-electron chi connectivity index (χ4n) is 1.43. The van der Waals surface area contributed by atoms with Gasteiger partial charge in [0.2, 0.25) is 0 Å². The number of aliphatic hydroxyl groups excluding tert-OH is 1. The fourth-order valence-corrected chi connectivity index (χ4v) is 2.84. The van der Waals surface area contributed by atoms with Crippen LogP contribution in [0.3, 0.4) is 0 Å². The van der Waals surface area contributed by atoms with Crippen LogP contribution in [0, 0.1) is 0 Å². The van der Waals surface area contributed by atoms with Crippen molar-refractivity contribution < 1.29 is 23.1 Å². The van der Waals surface area contributed by atoms with Gasteiger partial charge >= 0.3 is 6.09 Å². The van der Waals surface area contributed by atoms with Crippen LogP contribution < -0.4 is 0 Å². The largest absolute Gasteiger partial charge is 0.444 e. The summed E-state index contributed by atoms with van der Waals surface area (Å²) >= 11 is 0. The first-order valence-corrected chi connectivity index (χ1v) is 7.17. The molecule has 1 saturated heterocycles. The van der Waals surface area contributed by atoms with Crippen molar-refractivity contribution in [1.82, 2.24) is 4.90 Å². The molecule has 7 heteroatoms. The highest BCUT2D eigenvalue weighted by Gasteiger charge is 2.40. The number of carbonyl (C=O) groups excluding carboxylic acids is 1. The van der Waals surface area contributed by atoms with Gasteiger partial charge in [-0.2, -0.15) is 0 Å². The molecular weight excluding hydrogens is 246 g/mol. The number of carbonyl (C=O) groups is 1. The molecule has 1 amide bonds. The van der Waals surface area contributed by atoms with Crippen LogP contribution in [-0.4, -0.2) is 60.8 Å². The van der Waals surface area contributed by atoms with Crippen molar-refractivity contribution in [2.24, 2.45) is 0 Å². The molecule has 0 aromatic heterocycles. The van der Waals surface area contributed by atoms with Crippen LogP contribution in [-0.2, 0) is 14.6 Å². The number of likely N-dealkylation sites (tertiary alicyclic amines) is 1. The topological polar surface area (TPSA) is 83.9 Å². The molecule has 0 bridgehead atoms. The van der Waals surface area contributed by atoms with Crippen LogP contribution in [0.5, 0.6) is 0 Å². The van der Waals surface area contributed by atoms with Gasteiger partial charge in [-0.05, 0) is 20.8 Å². The van der Waals surface area contributed by atoms with E-state index in [4.69, 9.17) is 9.84 Å². The number of hydrogen-bond donors (Lipinski definition) is 1. The van der Waals surface area contributed by atoms with Crippen molar-refractivity contribution in [2.75, 3.05) is 25.4 Å². The third kappa shape index (κ3) is 3.85. The van der Waals surface area contributed by atoms with E-state index in [2.05, 4.69) is 0 Å². The second kappa shape index (κ2) is 4.81. The van der Waals surface area contributed by atoms with Crippen LogP contribution in [0.15, 0.2) is 0 Å². The Labute approximate surface area is 101 Å². The van der Waals surface area contributed by atoms with Gasteiger partial charge in [-0.1, -0.05) is 0 Å². The smallest absolute Gasteiger partial charge is 0.410 e. The summed E-state index contributed by atoms with van der Waals surface area (Å²) in [7, 11) is -3.28. The number of amides is 1. The Morgan fingerprint density at radius 3 is 2.35 bits per heavy atom. The van der Waals surface area contributed by atoms with E-state index in [-0.39, 0.29) is 25.4 Å². The Morgan fingerprint density at radius 2 is 1.94 bits per heavy atom. The van der Waals surface area contributed by atoms with Gasteiger partial charge in [0.15, 0.2) is 9.84 Å². The second-order valence-electron chi connectivity index (χ2n) is 5.10. The maximum absolute atomic E-state index is 11.5. The summed E-state index contributed by atoms with van der Waals surface area (Å²) in [5.74, 6) is -0.250.